The van der Waals surface area contributed by atoms with Crippen molar-refractivity contribution in [1.29, 1.82) is 0 Å². The van der Waals surface area contributed by atoms with Crippen LogP contribution in [0.15, 0.2) is 41.4 Å². The van der Waals surface area contributed by atoms with E-state index in [1.165, 1.54) is 6.20 Å². The molecule has 0 aliphatic heterocycles. The number of fused-ring (bicyclic) bond motifs is 1. The number of halogens is 1. The van der Waals surface area contributed by atoms with E-state index in [0.29, 0.717) is 10.5 Å². The summed E-state index contributed by atoms with van der Waals surface area (Å²) in [5.74, 6) is 0. The van der Waals surface area contributed by atoms with E-state index in [1.54, 1.807) is 4.52 Å². The lowest BCUT2D eigenvalue weighted by Gasteiger charge is -2.07. The molecule has 0 atom stereocenters. The van der Waals surface area contributed by atoms with Gasteiger partial charge in [-0.1, -0.05) is 24.3 Å². The minimum absolute atomic E-state index is 0.176. The van der Waals surface area contributed by atoms with Crippen LogP contribution in [0.5, 0.6) is 0 Å². The standard InChI is InChI=1S/C14H12FN3S/c1-9-5-3-4-6-11(9)12-7-10(2)18-14(17-12)13(19-15)8-16-18/h3-8H,1-2H3. The third kappa shape index (κ3) is 2.00. The number of hydrogen-bond acceptors (Lipinski definition) is 3. The topological polar surface area (TPSA) is 30.2 Å². The lowest BCUT2D eigenvalue weighted by atomic mass is 10.1. The van der Waals surface area contributed by atoms with Gasteiger partial charge in [0.1, 0.15) is 4.90 Å². The van der Waals surface area contributed by atoms with Crippen LogP contribution < -0.4 is 0 Å². The molecule has 2 aromatic heterocycles. The van der Waals surface area contributed by atoms with E-state index < -0.39 is 0 Å². The van der Waals surface area contributed by atoms with Gasteiger partial charge in [-0.2, -0.15) is 8.98 Å². The molecule has 3 rings (SSSR count). The van der Waals surface area contributed by atoms with Gasteiger partial charge in [0.15, 0.2) is 5.65 Å². The molecule has 0 aliphatic carbocycles. The Morgan fingerprint density at radius 3 is 2.74 bits per heavy atom. The van der Waals surface area contributed by atoms with E-state index >= 15 is 0 Å². The number of aromatic nitrogens is 3. The average molecular weight is 273 g/mol. The molecule has 0 N–H and O–H groups in total. The molecule has 96 valence electrons. The number of benzene rings is 1. The maximum absolute atomic E-state index is 12.9. The lowest BCUT2D eigenvalue weighted by molar-refractivity contribution is 0.896. The first-order chi connectivity index (χ1) is 9.20. The Balaban J connectivity index is 2.28. The Bertz CT molecular complexity index is 752. The molecule has 3 nitrogen and oxygen atoms in total. The quantitative estimate of drug-likeness (QED) is 0.707. The molecular weight excluding hydrogens is 261 g/mol. The van der Waals surface area contributed by atoms with Gasteiger partial charge < -0.3 is 0 Å². The maximum atomic E-state index is 12.9. The summed E-state index contributed by atoms with van der Waals surface area (Å²) in [6, 6.07) is 10.00. The van der Waals surface area contributed by atoms with Gasteiger partial charge in [0, 0.05) is 11.3 Å². The second kappa shape index (κ2) is 4.66. The summed E-state index contributed by atoms with van der Waals surface area (Å²) in [6.07, 6.45) is 1.50. The van der Waals surface area contributed by atoms with Gasteiger partial charge in [-0.3, -0.25) is 0 Å². The first-order valence-electron chi connectivity index (χ1n) is 5.90. The van der Waals surface area contributed by atoms with Crippen LogP contribution >= 0.6 is 12.1 Å². The Hall–Kier alpha value is -1.88. The fraction of sp³-hybridized carbons (Fsp3) is 0.143. The highest BCUT2D eigenvalue weighted by molar-refractivity contribution is 7.94. The molecule has 2 heterocycles. The number of aryl methyl sites for hydroxylation is 2. The van der Waals surface area contributed by atoms with Crippen molar-refractivity contribution in [2.45, 2.75) is 18.7 Å². The normalized spacial score (nSPS) is 11.1. The smallest absolute Gasteiger partial charge is 0.172 e. The van der Waals surface area contributed by atoms with E-state index in [0.717, 1.165) is 22.5 Å². The lowest BCUT2D eigenvalue weighted by Crippen LogP contribution is -1.98. The van der Waals surface area contributed by atoms with Gasteiger partial charge in [-0.05, 0) is 25.5 Å². The van der Waals surface area contributed by atoms with Crippen LogP contribution in [0.1, 0.15) is 11.3 Å². The van der Waals surface area contributed by atoms with Crippen molar-refractivity contribution in [3.05, 3.63) is 47.8 Å². The molecule has 19 heavy (non-hydrogen) atoms. The zero-order chi connectivity index (χ0) is 13.4. The van der Waals surface area contributed by atoms with Crippen LogP contribution in [-0.2, 0) is 0 Å². The van der Waals surface area contributed by atoms with Gasteiger partial charge in [-0.25, -0.2) is 9.50 Å². The molecule has 3 aromatic rings. The van der Waals surface area contributed by atoms with E-state index in [9.17, 15) is 3.89 Å². The van der Waals surface area contributed by atoms with E-state index in [4.69, 9.17) is 0 Å². The van der Waals surface area contributed by atoms with Gasteiger partial charge in [-0.15, -0.1) is 0 Å². The zero-order valence-electron chi connectivity index (χ0n) is 10.6. The SMILES string of the molecule is Cc1ccccc1-c1cc(C)n2ncc(SF)c2n1. The van der Waals surface area contributed by atoms with Crippen molar-refractivity contribution in [2.75, 3.05) is 0 Å². The van der Waals surface area contributed by atoms with E-state index in [1.807, 2.05) is 44.2 Å². The molecule has 0 spiro atoms. The van der Waals surface area contributed by atoms with Crippen LogP contribution in [0.4, 0.5) is 3.89 Å². The Morgan fingerprint density at radius 2 is 2.00 bits per heavy atom. The van der Waals surface area contributed by atoms with Crippen molar-refractivity contribution >= 4 is 17.8 Å². The predicted molar refractivity (Wildman–Crippen MR) is 74.9 cm³/mol. The fourth-order valence-corrected chi connectivity index (χ4v) is 2.43. The monoisotopic (exact) mass is 273 g/mol. The minimum atomic E-state index is 0.176. The largest absolute Gasteiger partial charge is 0.227 e. The maximum Gasteiger partial charge on any atom is 0.172 e. The molecule has 0 fully saturated rings. The molecule has 0 amide bonds. The molecule has 1 aromatic carbocycles. The van der Waals surface area contributed by atoms with E-state index in [-0.39, 0.29) is 12.1 Å². The van der Waals surface area contributed by atoms with Crippen LogP contribution in [0.25, 0.3) is 16.9 Å². The van der Waals surface area contributed by atoms with Crippen LogP contribution in [0, 0.1) is 13.8 Å². The van der Waals surface area contributed by atoms with Gasteiger partial charge in [0.2, 0.25) is 0 Å². The molecule has 0 saturated carbocycles. The Labute approximate surface area is 114 Å². The highest BCUT2D eigenvalue weighted by atomic mass is 32.2. The van der Waals surface area contributed by atoms with Gasteiger partial charge >= 0.3 is 0 Å². The molecule has 0 saturated heterocycles. The number of nitrogens with zero attached hydrogens (tertiary/aromatic N) is 3. The predicted octanol–water partition coefficient (Wildman–Crippen LogP) is 3.99. The molecule has 5 heteroatoms. The number of hydrogen-bond donors (Lipinski definition) is 0. The van der Waals surface area contributed by atoms with Gasteiger partial charge in [0.25, 0.3) is 0 Å². The van der Waals surface area contributed by atoms with Crippen molar-refractivity contribution in [1.82, 2.24) is 14.6 Å². The molecule has 0 bridgehead atoms. The van der Waals surface area contributed by atoms with Crippen molar-refractivity contribution in [3.63, 3.8) is 0 Å². The fourth-order valence-electron chi connectivity index (χ4n) is 2.15. The molecular formula is C14H12FN3S. The Morgan fingerprint density at radius 1 is 1.21 bits per heavy atom. The zero-order valence-corrected chi connectivity index (χ0v) is 11.4. The number of rotatable bonds is 2. The summed E-state index contributed by atoms with van der Waals surface area (Å²) in [4.78, 5) is 4.98. The third-order valence-electron chi connectivity index (χ3n) is 3.12. The Kier molecular flexibility index (Phi) is 2.98. The van der Waals surface area contributed by atoms with Crippen LogP contribution in [0.2, 0.25) is 0 Å². The van der Waals surface area contributed by atoms with Crippen LogP contribution in [-0.4, -0.2) is 14.6 Å². The van der Waals surface area contributed by atoms with Crippen molar-refractivity contribution < 1.29 is 3.89 Å². The minimum Gasteiger partial charge on any atom is -0.227 e. The highest BCUT2D eigenvalue weighted by Gasteiger charge is 2.12. The summed E-state index contributed by atoms with van der Waals surface area (Å²) >= 11 is 0.176. The summed E-state index contributed by atoms with van der Waals surface area (Å²) in [5, 5.41) is 4.14. The molecule has 0 aliphatic rings. The first-order valence-corrected chi connectivity index (χ1v) is 6.62. The third-order valence-corrected chi connectivity index (χ3v) is 3.58. The summed E-state index contributed by atoms with van der Waals surface area (Å²) in [5.41, 5.74) is 4.55. The molecule has 0 radical (unpaired) electrons. The summed E-state index contributed by atoms with van der Waals surface area (Å²) in [6.45, 7) is 3.98. The second-order valence-corrected chi connectivity index (χ2v) is 5.01. The van der Waals surface area contributed by atoms with Crippen molar-refractivity contribution in [2.24, 2.45) is 0 Å². The first kappa shape index (κ1) is 12.2. The summed E-state index contributed by atoms with van der Waals surface area (Å²) in [7, 11) is 0. The highest BCUT2D eigenvalue weighted by Crippen LogP contribution is 2.27. The van der Waals surface area contributed by atoms with Crippen LogP contribution in [0.3, 0.4) is 0 Å². The second-order valence-electron chi connectivity index (χ2n) is 4.42. The van der Waals surface area contributed by atoms with E-state index in [2.05, 4.69) is 10.1 Å². The molecule has 0 unspecified atom stereocenters. The van der Waals surface area contributed by atoms with Crippen molar-refractivity contribution in [3.8, 4) is 11.3 Å². The average Bonchev–Trinajstić information content (AvgIpc) is 2.82. The summed E-state index contributed by atoms with van der Waals surface area (Å²) < 4.78 is 14.5. The van der Waals surface area contributed by atoms with Gasteiger partial charge in [0.05, 0.1) is 24.0 Å².